The lowest BCUT2D eigenvalue weighted by Crippen LogP contribution is -2.52. The maximum absolute atomic E-state index is 13.3. The molecule has 2 saturated heterocycles. The molecule has 29 heavy (non-hydrogen) atoms. The second-order valence-corrected chi connectivity index (χ2v) is 8.88. The minimum absolute atomic E-state index is 0.0288. The summed E-state index contributed by atoms with van der Waals surface area (Å²) in [6, 6.07) is 9.92. The van der Waals surface area contributed by atoms with Crippen LogP contribution in [-0.2, 0) is 4.74 Å². The van der Waals surface area contributed by atoms with Gasteiger partial charge in [0, 0.05) is 56.3 Å². The molecule has 1 atom stereocenters. The van der Waals surface area contributed by atoms with Gasteiger partial charge in [-0.1, -0.05) is 18.2 Å². The van der Waals surface area contributed by atoms with Crippen LogP contribution in [-0.4, -0.2) is 92.2 Å². The number of likely N-dealkylation sites (N-methyl/N-ethyl adjacent to an activating group) is 1. The molecule has 6 nitrogen and oxygen atoms in total. The van der Waals surface area contributed by atoms with Gasteiger partial charge in [0.2, 0.25) is 0 Å². The zero-order valence-electron chi connectivity index (χ0n) is 17.6. The number of carbonyl (C=O) groups is 1. The Hall–Kier alpha value is -2.02. The van der Waals surface area contributed by atoms with Crippen LogP contribution in [0.2, 0.25) is 0 Å². The van der Waals surface area contributed by atoms with E-state index in [2.05, 4.69) is 28.9 Å². The Morgan fingerprint density at radius 2 is 2.10 bits per heavy atom. The third-order valence-corrected chi connectivity index (χ3v) is 6.17. The molecular formula is C23H32N4O2. The lowest BCUT2D eigenvalue weighted by Gasteiger charge is -2.43. The van der Waals surface area contributed by atoms with Gasteiger partial charge in [-0.2, -0.15) is 0 Å². The summed E-state index contributed by atoms with van der Waals surface area (Å²) in [5.74, 6) is 0.0893. The molecule has 2 aromatic rings. The molecule has 2 aliphatic heterocycles. The van der Waals surface area contributed by atoms with E-state index in [-0.39, 0.29) is 11.3 Å². The highest BCUT2D eigenvalue weighted by Gasteiger charge is 2.40. The van der Waals surface area contributed by atoms with Crippen LogP contribution in [0.1, 0.15) is 23.2 Å². The number of pyridine rings is 1. The fourth-order valence-electron chi connectivity index (χ4n) is 4.61. The van der Waals surface area contributed by atoms with Gasteiger partial charge in [0.25, 0.3) is 5.91 Å². The summed E-state index contributed by atoms with van der Waals surface area (Å²) in [7, 11) is 4.23. The minimum atomic E-state index is 0.0288. The molecule has 0 saturated carbocycles. The Labute approximate surface area is 173 Å². The van der Waals surface area contributed by atoms with Crippen molar-refractivity contribution in [2.45, 2.75) is 12.8 Å². The first-order valence-corrected chi connectivity index (χ1v) is 10.6. The molecule has 1 unspecified atom stereocenters. The van der Waals surface area contributed by atoms with E-state index in [9.17, 15) is 4.79 Å². The van der Waals surface area contributed by atoms with Crippen LogP contribution in [0.4, 0.5) is 0 Å². The van der Waals surface area contributed by atoms with E-state index in [1.807, 2.05) is 35.2 Å². The lowest BCUT2D eigenvalue weighted by atomic mass is 9.80. The number of rotatable bonds is 4. The average Bonchev–Trinajstić information content (AvgIpc) is 2.93. The standard InChI is InChI=1S/C23H32N4O2/c1-25(2)10-11-26-12-13-29-18-23(16-26)8-5-9-27(17-23)22(28)20-14-19-6-3-4-7-21(19)24-15-20/h3-4,6-7,14-15H,5,8-13,16-18H2,1-2H3. The lowest BCUT2D eigenvalue weighted by molar-refractivity contribution is 0.00716. The molecule has 0 N–H and O–H groups in total. The average molecular weight is 397 g/mol. The first-order chi connectivity index (χ1) is 14.0. The first kappa shape index (κ1) is 20.3. The number of hydrogen-bond donors (Lipinski definition) is 0. The number of nitrogens with zero attached hydrogens (tertiary/aromatic N) is 4. The van der Waals surface area contributed by atoms with E-state index in [1.54, 1.807) is 6.20 Å². The van der Waals surface area contributed by atoms with Crippen molar-refractivity contribution in [2.75, 3.05) is 66.6 Å². The largest absolute Gasteiger partial charge is 0.379 e. The van der Waals surface area contributed by atoms with Crippen molar-refractivity contribution in [2.24, 2.45) is 5.41 Å². The number of fused-ring (bicyclic) bond motifs is 1. The van der Waals surface area contributed by atoms with Gasteiger partial charge >= 0.3 is 0 Å². The molecule has 156 valence electrons. The fourth-order valence-corrected chi connectivity index (χ4v) is 4.61. The van der Waals surface area contributed by atoms with Crippen molar-refractivity contribution < 1.29 is 9.53 Å². The second-order valence-electron chi connectivity index (χ2n) is 8.88. The number of para-hydroxylation sites is 1. The topological polar surface area (TPSA) is 48.9 Å². The molecular weight excluding hydrogens is 364 g/mol. The number of likely N-dealkylation sites (tertiary alicyclic amines) is 1. The van der Waals surface area contributed by atoms with Gasteiger partial charge in [-0.25, -0.2) is 0 Å². The molecule has 0 bridgehead atoms. The molecule has 1 spiro atoms. The van der Waals surface area contributed by atoms with E-state index in [4.69, 9.17) is 4.74 Å². The van der Waals surface area contributed by atoms with E-state index in [1.165, 1.54) is 0 Å². The maximum atomic E-state index is 13.3. The molecule has 1 aromatic heterocycles. The molecule has 4 rings (SSSR count). The molecule has 1 amide bonds. The van der Waals surface area contributed by atoms with Gasteiger partial charge in [0.05, 0.1) is 24.3 Å². The smallest absolute Gasteiger partial charge is 0.255 e. The Balaban J connectivity index is 1.49. The van der Waals surface area contributed by atoms with E-state index >= 15 is 0 Å². The normalized spacial score (nSPS) is 23.6. The van der Waals surface area contributed by atoms with Gasteiger partial charge in [-0.05, 0) is 39.1 Å². The summed E-state index contributed by atoms with van der Waals surface area (Å²) >= 11 is 0. The van der Waals surface area contributed by atoms with Crippen LogP contribution in [0.15, 0.2) is 36.5 Å². The molecule has 2 aliphatic rings. The number of carbonyl (C=O) groups excluding carboxylic acids is 1. The summed E-state index contributed by atoms with van der Waals surface area (Å²) < 4.78 is 6.01. The van der Waals surface area contributed by atoms with Crippen molar-refractivity contribution in [3.05, 3.63) is 42.1 Å². The fraction of sp³-hybridized carbons (Fsp3) is 0.565. The number of hydrogen-bond acceptors (Lipinski definition) is 5. The Morgan fingerprint density at radius 1 is 1.24 bits per heavy atom. The zero-order chi connectivity index (χ0) is 20.3. The van der Waals surface area contributed by atoms with E-state index < -0.39 is 0 Å². The Morgan fingerprint density at radius 3 is 2.97 bits per heavy atom. The summed E-state index contributed by atoms with van der Waals surface area (Å²) in [5.41, 5.74) is 1.63. The van der Waals surface area contributed by atoms with Crippen molar-refractivity contribution in [1.29, 1.82) is 0 Å². The Kier molecular flexibility index (Phi) is 6.13. The third-order valence-electron chi connectivity index (χ3n) is 6.17. The monoisotopic (exact) mass is 396 g/mol. The molecule has 3 heterocycles. The van der Waals surface area contributed by atoms with Crippen molar-refractivity contribution in [1.82, 2.24) is 19.7 Å². The van der Waals surface area contributed by atoms with Crippen LogP contribution in [0.25, 0.3) is 10.9 Å². The number of ether oxygens (including phenoxy) is 1. The summed E-state index contributed by atoms with van der Waals surface area (Å²) in [6.45, 7) is 7.14. The van der Waals surface area contributed by atoms with Crippen LogP contribution < -0.4 is 0 Å². The van der Waals surface area contributed by atoms with Crippen molar-refractivity contribution in [3.8, 4) is 0 Å². The number of benzene rings is 1. The van der Waals surface area contributed by atoms with E-state index in [0.29, 0.717) is 5.56 Å². The van der Waals surface area contributed by atoms with Crippen molar-refractivity contribution in [3.63, 3.8) is 0 Å². The van der Waals surface area contributed by atoms with Crippen molar-refractivity contribution >= 4 is 16.8 Å². The SMILES string of the molecule is CN(C)CCN1CCOCC2(CCCN(C(=O)c3cnc4ccccc4c3)C2)C1. The van der Waals surface area contributed by atoms with Gasteiger partial charge in [0.15, 0.2) is 0 Å². The minimum Gasteiger partial charge on any atom is -0.379 e. The quantitative estimate of drug-likeness (QED) is 0.794. The molecule has 2 fully saturated rings. The third kappa shape index (κ3) is 4.77. The zero-order valence-corrected chi connectivity index (χ0v) is 17.6. The van der Waals surface area contributed by atoms with Crippen LogP contribution in [0.3, 0.4) is 0 Å². The van der Waals surface area contributed by atoms with Gasteiger partial charge in [-0.3, -0.25) is 14.7 Å². The number of amides is 1. The maximum Gasteiger partial charge on any atom is 0.255 e. The highest BCUT2D eigenvalue weighted by Crippen LogP contribution is 2.33. The Bertz CT molecular complexity index is 856. The van der Waals surface area contributed by atoms with Gasteiger partial charge in [0.1, 0.15) is 0 Å². The van der Waals surface area contributed by atoms with Crippen LogP contribution >= 0.6 is 0 Å². The highest BCUT2D eigenvalue weighted by molar-refractivity contribution is 5.97. The predicted molar refractivity (Wildman–Crippen MR) is 115 cm³/mol. The first-order valence-electron chi connectivity index (χ1n) is 10.6. The summed E-state index contributed by atoms with van der Waals surface area (Å²) in [4.78, 5) is 24.5. The summed E-state index contributed by atoms with van der Waals surface area (Å²) in [5, 5.41) is 1.01. The van der Waals surface area contributed by atoms with Gasteiger partial charge < -0.3 is 14.5 Å². The molecule has 0 aliphatic carbocycles. The van der Waals surface area contributed by atoms with E-state index in [0.717, 1.165) is 76.2 Å². The molecule has 1 aromatic carbocycles. The van der Waals surface area contributed by atoms with Gasteiger partial charge in [-0.15, -0.1) is 0 Å². The summed E-state index contributed by atoms with van der Waals surface area (Å²) in [6.07, 6.45) is 3.86. The number of aromatic nitrogens is 1. The number of piperidine rings is 1. The van der Waals surface area contributed by atoms with Crippen LogP contribution in [0.5, 0.6) is 0 Å². The molecule has 0 radical (unpaired) electrons. The van der Waals surface area contributed by atoms with Crippen LogP contribution in [0, 0.1) is 5.41 Å². The molecule has 6 heteroatoms. The predicted octanol–water partition coefficient (Wildman–Crippen LogP) is 2.35. The second kappa shape index (κ2) is 8.78. The highest BCUT2D eigenvalue weighted by atomic mass is 16.5.